The fourth-order valence-electron chi connectivity index (χ4n) is 0.643. The smallest absolute Gasteiger partial charge is 0.346 e. The summed E-state index contributed by atoms with van der Waals surface area (Å²) < 4.78 is 0. The van der Waals surface area contributed by atoms with Crippen LogP contribution in [0.2, 0.25) is 0 Å². The summed E-state index contributed by atoms with van der Waals surface area (Å²) in [6, 6.07) is 1.27. The number of carboxylic acids is 2. The number of rotatable bonds is 2. The molecule has 0 saturated heterocycles. The molecule has 58 valence electrons. The molecule has 0 saturated carbocycles. The van der Waals surface area contributed by atoms with Gasteiger partial charge in [0.25, 0.3) is 0 Å². The summed E-state index contributed by atoms with van der Waals surface area (Å²) in [7, 11) is 0. The van der Waals surface area contributed by atoms with Crippen molar-refractivity contribution in [3.05, 3.63) is 21.9 Å². The van der Waals surface area contributed by atoms with Gasteiger partial charge in [0.1, 0.15) is 4.88 Å². The van der Waals surface area contributed by atoms with Crippen LogP contribution in [-0.2, 0) is 0 Å². The monoisotopic (exact) mass is 172 g/mol. The average molecular weight is 172 g/mol. The van der Waals surface area contributed by atoms with Gasteiger partial charge in [-0.25, -0.2) is 9.59 Å². The first-order chi connectivity index (χ1) is 5.13. The van der Waals surface area contributed by atoms with E-state index >= 15 is 0 Å². The highest BCUT2D eigenvalue weighted by Crippen LogP contribution is 2.16. The zero-order chi connectivity index (χ0) is 8.43. The standard InChI is InChI=1S/C6H4O4S/c7-5(8)3-1-2-11-4(3)6(9)10/h1-2H,(H,7,8)(H,9,10). The van der Waals surface area contributed by atoms with Crippen LogP contribution in [0.3, 0.4) is 0 Å². The Labute approximate surface area is 65.7 Å². The van der Waals surface area contributed by atoms with Crippen molar-refractivity contribution >= 4 is 23.3 Å². The predicted octanol–water partition coefficient (Wildman–Crippen LogP) is 1.14. The van der Waals surface area contributed by atoms with Crippen LogP contribution in [0.4, 0.5) is 0 Å². The van der Waals surface area contributed by atoms with Crippen molar-refractivity contribution in [3.8, 4) is 0 Å². The zero-order valence-corrected chi connectivity index (χ0v) is 6.09. The highest BCUT2D eigenvalue weighted by Gasteiger charge is 2.16. The van der Waals surface area contributed by atoms with Crippen LogP contribution in [0, 0.1) is 0 Å². The normalized spacial score (nSPS) is 9.45. The maximum absolute atomic E-state index is 10.3. The minimum absolute atomic E-state index is 0.127. The Bertz CT molecular complexity index is 273. The molecule has 0 fully saturated rings. The molecule has 11 heavy (non-hydrogen) atoms. The zero-order valence-electron chi connectivity index (χ0n) is 5.27. The van der Waals surface area contributed by atoms with Crippen molar-refractivity contribution in [2.24, 2.45) is 0 Å². The molecule has 0 aliphatic heterocycles. The van der Waals surface area contributed by atoms with Crippen LogP contribution in [-0.4, -0.2) is 22.2 Å². The van der Waals surface area contributed by atoms with Crippen LogP contribution in [0.1, 0.15) is 20.0 Å². The van der Waals surface area contributed by atoms with E-state index in [9.17, 15) is 9.59 Å². The minimum atomic E-state index is -1.20. The van der Waals surface area contributed by atoms with E-state index in [2.05, 4.69) is 0 Å². The van der Waals surface area contributed by atoms with Crippen LogP contribution in [0.15, 0.2) is 11.4 Å². The summed E-state index contributed by atoms with van der Waals surface area (Å²) in [5.74, 6) is -2.40. The van der Waals surface area contributed by atoms with Crippen molar-refractivity contribution in [1.82, 2.24) is 0 Å². The number of thiophene rings is 1. The van der Waals surface area contributed by atoms with Gasteiger partial charge in [0.05, 0.1) is 5.56 Å². The SMILES string of the molecule is O=C(O)c1ccsc1C(=O)O. The van der Waals surface area contributed by atoms with E-state index < -0.39 is 11.9 Å². The molecule has 0 spiro atoms. The Morgan fingerprint density at radius 3 is 2.27 bits per heavy atom. The van der Waals surface area contributed by atoms with Crippen molar-refractivity contribution < 1.29 is 19.8 Å². The van der Waals surface area contributed by atoms with Gasteiger partial charge < -0.3 is 10.2 Å². The third kappa shape index (κ3) is 1.38. The second-order valence-electron chi connectivity index (χ2n) is 1.77. The van der Waals surface area contributed by atoms with E-state index in [0.717, 1.165) is 11.3 Å². The summed E-state index contributed by atoms with van der Waals surface area (Å²) in [4.78, 5) is 20.5. The molecule has 0 bridgehead atoms. The molecule has 1 rings (SSSR count). The molecule has 1 aromatic rings. The number of aromatic carboxylic acids is 2. The first-order valence-corrected chi connectivity index (χ1v) is 3.55. The van der Waals surface area contributed by atoms with Crippen molar-refractivity contribution in [3.63, 3.8) is 0 Å². The van der Waals surface area contributed by atoms with E-state index in [0.29, 0.717) is 0 Å². The summed E-state index contributed by atoms with van der Waals surface area (Å²) in [6.07, 6.45) is 0. The van der Waals surface area contributed by atoms with Gasteiger partial charge in [0.2, 0.25) is 0 Å². The highest BCUT2D eigenvalue weighted by atomic mass is 32.1. The lowest BCUT2D eigenvalue weighted by atomic mass is 10.2. The Morgan fingerprint density at radius 1 is 1.27 bits per heavy atom. The number of carbonyl (C=O) groups is 2. The Morgan fingerprint density at radius 2 is 1.91 bits per heavy atom. The van der Waals surface area contributed by atoms with E-state index in [1.807, 2.05) is 0 Å². The Balaban J connectivity index is 3.16. The highest BCUT2D eigenvalue weighted by molar-refractivity contribution is 7.12. The lowest BCUT2D eigenvalue weighted by Crippen LogP contribution is -2.03. The van der Waals surface area contributed by atoms with Crippen LogP contribution in [0.5, 0.6) is 0 Å². The lowest BCUT2D eigenvalue weighted by molar-refractivity contribution is 0.0656. The largest absolute Gasteiger partial charge is 0.478 e. The molecule has 1 aromatic heterocycles. The third-order valence-corrected chi connectivity index (χ3v) is 1.99. The first kappa shape index (κ1) is 7.74. The third-order valence-electron chi connectivity index (χ3n) is 1.09. The van der Waals surface area contributed by atoms with E-state index in [1.165, 1.54) is 11.4 Å². The molecule has 0 amide bonds. The summed E-state index contributed by atoms with van der Waals surface area (Å²) in [5.41, 5.74) is -0.150. The quantitative estimate of drug-likeness (QED) is 0.701. The molecule has 1 heterocycles. The van der Waals surface area contributed by atoms with Crippen LogP contribution < -0.4 is 0 Å². The second kappa shape index (κ2) is 2.71. The fourth-order valence-corrected chi connectivity index (χ4v) is 1.37. The summed E-state index contributed by atoms with van der Waals surface area (Å²) in [5, 5.41) is 18.3. The van der Waals surface area contributed by atoms with Gasteiger partial charge in [-0.2, -0.15) is 0 Å². The van der Waals surface area contributed by atoms with Crippen molar-refractivity contribution in [1.29, 1.82) is 0 Å². The van der Waals surface area contributed by atoms with Gasteiger partial charge >= 0.3 is 11.9 Å². The van der Waals surface area contributed by atoms with E-state index in [1.54, 1.807) is 0 Å². The molecule has 0 unspecified atom stereocenters. The van der Waals surface area contributed by atoms with Gasteiger partial charge in [-0.1, -0.05) is 0 Å². The maximum atomic E-state index is 10.3. The topological polar surface area (TPSA) is 74.6 Å². The summed E-state index contributed by atoms with van der Waals surface area (Å²) in [6.45, 7) is 0. The van der Waals surface area contributed by atoms with Crippen LogP contribution >= 0.6 is 11.3 Å². The van der Waals surface area contributed by atoms with Gasteiger partial charge in [-0.15, -0.1) is 11.3 Å². The lowest BCUT2D eigenvalue weighted by Gasteiger charge is -1.89. The molecule has 0 aliphatic rings. The number of hydrogen-bond acceptors (Lipinski definition) is 3. The van der Waals surface area contributed by atoms with Crippen molar-refractivity contribution in [2.75, 3.05) is 0 Å². The van der Waals surface area contributed by atoms with E-state index in [4.69, 9.17) is 10.2 Å². The molecule has 2 N–H and O–H groups in total. The molecule has 0 atom stereocenters. The summed E-state index contributed by atoms with van der Waals surface area (Å²) >= 11 is 0.906. The average Bonchev–Trinajstić information content (AvgIpc) is 2.32. The molecule has 4 nitrogen and oxygen atoms in total. The molecular formula is C6H4O4S. The van der Waals surface area contributed by atoms with Crippen LogP contribution in [0.25, 0.3) is 0 Å². The predicted molar refractivity (Wildman–Crippen MR) is 38.2 cm³/mol. The molecular weight excluding hydrogens is 168 g/mol. The number of hydrogen-bond donors (Lipinski definition) is 2. The van der Waals surface area contributed by atoms with Gasteiger partial charge in [-0.05, 0) is 11.4 Å². The van der Waals surface area contributed by atoms with Crippen molar-refractivity contribution in [2.45, 2.75) is 0 Å². The molecule has 0 aliphatic carbocycles. The second-order valence-corrected chi connectivity index (χ2v) is 2.69. The Kier molecular flexibility index (Phi) is 1.91. The maximum Gasteiger partial charge on any atom is 0.346 e. The van der Waals surface area contributed by atoms with Gasteiger partial charge in [0.15, 0.2) is 0 Å². The van der Waals surface area contributed by atoms with E-state index in [-0.39, 0.29) is 10.4 Å². The first-order valence-electron chi connectivity index (χ1n) is 2.67. The molecule has 0 radical (unpaired) electrons. The van der Waals surface area contributed by atoms with Gasteiger partial charge in [-0.3, -0.25) is 0 Å². The number of carboxylic acid groups (broad SMARTS) is 2. The molecule has 5 heteroatoms. The van der Waals surface area contributed by atoms with Gasteiger partial charge in [0, 0.05) is 0 Å². The fraction of sp³-hybridized carbons (Fsp3) is 0. The minimum Gasteiger partial charge on any atom is -0.478 e. The molecule has 0 aromatic carbocycles. The Hall–Kier alpha value is -1.36.